The lowest BCUT2D eigenvalue weighted by molar-refractivity contribution is 0.282. The molecule has 4 rings (SSSR count). The molecule has 28 heavy (non-hydrogen) atoms. The van der Waals surface area contributed by atoms with E-state index in [2.05, 4.69) is 22.8 Å². The van der Waals surface area contributed by atoms with Crippen LogP contribution < -0.4 is 10.6 Å². The van der Waals surface area contributed by atoms with Gasteiger partial charge in [-0.15, -0.1) is 0 Å². The van der Waals surface area contributed by atoms with Crippen LogP contribution in [0, 0.1) is 11.8 Å². The first-order valence-electron chi connectivity index (χ1n) is 10.9. The van der Waals surface area contributed by atoms with Crippen molar-refractivity contribution in [2.75, 3.05) is 31.6 Å². The summed E-state index contributed by atoms with van der Waals surface area (Å²) in [6.45, 7) is 2.91. The van der Waals surface area contributed by atoms with Crippen molar-refractivity contribution in [2.24, 2.45) is 11.8 Å². The molecule has 2 aromatic rings. The van der Waals surface area contributed by atoms with E-state index in [1.54, 1.807) is 0 Å². The summed E-state index contributed by atoms with van der Waals surface area (Å²) >= 11 is 6.26. The van der Waals surface area contributed by atoms with E-state index in [0.717, 1.165) is 23.6 Å². The number of hydrogen-bond acceptors (Lipinski definition) is 4. The summed E-state index contributed by atoms with van der Waals surface area (Å²) in [5.74, 6) is 1.96. The van der Waals surface area contributed by atoms with E-state index < -0.39 is 0 Å². The van der Waals surface area contributed by atoms with Gasteiger partial charge in [0.2, 0.25) is 0 Å². The average Bonchev–Trinajstić information content (AvgIpc) is 3.38. The van der Waals surface area contributed by atoms with E-state index in [1.165, 1.54) is 61.7 Å². The molecule has 0 spiro atoms. The molecule has 0 saturated heterocycles. The van der Waals surface area contributed by atoms with Crippen LogP contribution in [0.15, 0.2) is 24.3 Å². The molecule has 2 aliphatic carbocycles. The van der Waals surface area contributed by atoms with Crippen LogP contribution in [0.25, 0.3) is 10.9 Å². The number of aliphatic hydroxyl groups excluding tert-OH is 1. The lowest BCUT2D eigenvalue weighted by atomic mass is 9.95. The number of rotatable bonds is 8. The molecule has 4 nitrogen and oxygen atoms in total. The second-order valence-electron chi connectivity index (χ2n) is 8.50. The van der Waals surface area contributed by atoms with Gasteiger partial charge in [0.25, 0.3) is 0 Å². The molecule has 0 aliphatic heterocycles. The molecule has 2 unspecified atom stereocenters. The molecule has 152 valence electrons. The number of anilines is 1. The molecular weight excluding hydrogens is 370 g/mol. The Kier molecular flexibility index (Phi) is 6.71. The van der Waals surface area contributed by atoms with Crippen LogP contribution >= 0.6 is 11.6 Å². The zero-order valence-corrected chi connectivity index (χ0v) is 17.3. The molecule has 2 fully saturated rings. The van der Waals surface area contributed by atoms with Crippen molar-refractivity contribution in [3.05, 3.63) is 35.0 Å². The van der Waals surface area contributed by atoms with Gasteiger partial charge in [0.15, 0.2) is 0 Å². The predicted octanol–water partition coefficient (Wildman–Crippen LogP) is 4.96. The van der Waals surface area contributed by atoms with Crippen molar-refractivity contribution in [2.45, 2.75) is 50.9 Å². The first kappa shape index (κ1) is 19.9. The Bertz CT molecular complexity index is 791. The van der Waals surface area contributed by atoms with Gasteiger partial charge in [-0.25, -0.2) is 0 Å². The summed E-state index contributed by atoms with van der Waals surface area (Å²) in [4.78, 5) is 4.97. The Morgan fingerprint density at radius 3 is 2.57 bits per heavy atom. The number of aliphatic hydroxyl groups is 1. The van der Waals surface area contributed by atoms with E-state index in [-0.39, 0.29) is 6.61 Å². The normalized spacial score (nSPS) is 22.9. The molecule has 2 aliphatic rings. The van der Waals surface area contributed by atoms with Crippen LogP contribution in [0.4, 0.5) is 5.69 Å². The molecule has 1 aromatic carbocycles. The molecule has 0 bridgehead atoms. The summed E-state index contributed by atoms with van der Waals surface area (Å²) in [5.41, 5.74) is 3.44. The number of fused-ring (bicyclic) bond motifs is 1. The highest BCUT2D eigenvalue weighted by Crippen LogP contribution is 2.37. The molecule has 0 amide bonds. The van der Waals surface area contributed by atoms with Gasteiger partial charge in [-0.2, -0.15) is 0 Å². The maximum atomic E-state index is 9.00. The zero-order chi connectivity index (χ0) is 19.3. The maximum Gasteiger partial charge on any atom is 0.0741 e. The Morgan fingerprint density at radius 1 is 1.00 bits per heavy atom. The second kappa shape index (κ2) is 9.43. The lowest BCUT2D eigenvalue weighted by Crippen LogP contribution is -2.30. The minimum Gasteiger partial charge on any atom is -0.395 e. The van der Waals surface area contributed by atoms with E-state index >= 15 is 0 Å². The van der Waals surface area contributed by atoms with Crippen LogP contribution in [0.3, 0.4) is 0 Å². The number of nitrogens with one attached hydrogen (secondary N) is 2. The molecule has 5 heteroatoms. The van der Waals surface area contributed by atoms with Gasteiger partial charge in [-0.1, -0.05) is 30.9 Å². The van der Waals surface area contributed by atoms with Gasteiger partial charge in [0.1, 0.15) is 0 Å². The fourth-order valence-corrected chi connectivity index (χ4v) is 5.22. The van der Waals surface area contributed by atoms with E-state index in [9.17, 15) is 0 Å². The second-order valence-corrected chi connectivity index (χ2v) is 8.93. The molecule has 0 radical (unpaired) electrons. The van der Waals surface area contributed by atoms with E-state index in [1.807, 2.05) is 12.1 Å². The highest BCUT2D eigenvalue weighted by molar-refractivity contribution is 6.31. The van der Waals surface area contributed by atoms with Gasteiger partial charge in [-0.05, 0) is 68.3 Å². The number of hydrogen-bond donors (Lipinski definition) is 3. The van der Waals surface area contributed by atoms with Gasteiger partial charge in [0.05, 0.1) is 12.1 Å². The van der Waals surface area contributed by atoms with Crippen molar-refractivity contribution < 1.29 is 5.11 Å². The van der Waals surface area contributed by atoms with Crippen molar-refractivity contribution in [3.8, 4) is 0 Å². The molecule has 1 heterocycles. The van der Waals surface area contributed by atoms with Crippen LogP contribution in [-0.2, 0) is 0 Å². The summed E-state index contributed by atoms with van der Waals surface area (Å²) in [5, 5.41) is 18.1. The zero-order valence-electron chi connectivity index (χ0n) is 16.6. The highest BCUT2D eigenvalue weighted by atomic mass is 35.5. The third-order valence-electron chi connectivity index (χ3n) is 6.63. The van der Waals surface area contributed by atoms with E-state index in [4.69, 9.17) is 21.7 Å². The first-order chi connectivity index (χ1) is 13.7. The molecular formula is C23H32ClN3O. The largest absolute Gasteiger partial charge is 0.395 e. The van der Waals surface area contributed by atoms with Crippen LogP contribution in [0.5, 0.6) is 0 Å². The first-order valence-corrected chi connectivity index (χ1v) is 11.3. The molecule has 2 saturated carbocycles. The smallest absolute Gasteiger partial charge is 0.0741 e. The minimum atomic E-state index is 0.213. The maximum absolute atomic E-state index is 9.00. The standard InChI is InChI=1S/C23H32ClN3O/c24-19-8-9-20-22(13-21(27-23(20)12-19)16-4-1-2-5-16)26-15-18-7-3-6-17(18)14-25-10-11-28/h8-9,12-13,16-18,25,28H,1-7,10-11,14-15H2,(H,26,27). The van der Waals surface area contributed by atoms with Crippen molar-refractivity contribution in [1.29, 1.82) is 0 Å². The number of aromatic nitrogens is 1. The Morgan fingerprint density at radius 2 is 1.79 bits per heavy atom. The summed E-state index contributed by atoms with van der Waals surface area (Å²) in [6.07, 6.45) is 8.99. The van der Waals surface area contributed by atoms with Crippen molar-refractivity contribution >= 4 is 28.2 Å². The summed E-state index contributed by atoms with van der Waals surface area (Å²) in [6, 6.07) is 8.35. The Hall–Kier alpha value is -1.36. The number of halogens is 1. The van der Waals surface area contributed by atoms with Gasteiger partial charge < -0.3 is 15.7 Å². The SMILES string of the molecule is OCCNCC1CCCC1CNc1cc(C2CCCC2)nc2cc(Cl)ccc12. The monoisotopic (exact) mass is 401 g/mol. The highest BCUT2D eigenvalue weighted by Gasteiger charge is 2.27. The lowest BCUT2D eigenvalue weighted by Gasteiger charge is -2.22. The number of pyridine rings is 1. The Labute approximate surface area is 173 Å². The minimum absolute atomic E-state index is 0.213. The molecule has 3 N–H and O–H groups in total. The topological polar surface area (TPSA) is 57.2 Å². The van der Waals surface area contributed by atoms with Crippen LogP contribution in [0.1, 0.15) is 56.6 Å². The quantitative estimate of drug-likeness (QED) is 0.547. The van der Waals surface area contributed by atoms with Crippen molar-refractivity contribution in [1.82, 2.24) is 10.3 Å². The van der Waals surface area contributed by atoms with Crippen molar-refractivity contribution in [3.63, 3.8) is 0 Å². The fourth-order valence-electron chi connectivity index (χ4n) is 5.06. The summed E-state index contributed by atoms with van der Waals surface area (Å²) < 4.78 is 0. The molecule has 2 atom stereocenters. The number of nitrogens with zero attached hydrogens (tertiary/aromatic N) is 1. The van der Waals surface area contributed by atoms with Gasteiger partial charge in [-0.3, -0.25) is 4.98 Å². The average molecular weight is 402 g/mol. The fraction of sp³-hybridized carbons (Fsp3) is 0.609. The van der Waals surface area contributed by atoms with Crippen LogP contribution in [-0.4, -0.2) is 36.3 Å². The van der Waals surface area contributed by atoms with Gasteiger partial charge >= 0.3 is 0 Å². The predicted molar refractivity (Wildman–Crippen MR) is 117 cm³/mol. The molecule has 1 aromatic heterocycles. The summed E-state index contributed by atoms with van der Waals surface area (Å²) in [7, 11) is 0. The van der Waals surface area contributed by atoms with E-state index in [0.29, 0.717) is 24.3 Å². The van der Waals surface area contributed by atoms with Crippen LogP contribution in [0.2, 0.25) is 5.02 Å². The van der Waals surface area contributed by atoms with Gasteiger partial charge in [0, 0.05) is 40.8 Å². The third kappa shape index (κ3) is 4.61. The Balaban J connectivity index is 1.52. The number of benzene rings is 1. The third-order valence-corrected chi connectivity index (χ3v) is 6.87.